The summed E-state index contributed by atoms with van der Waals surface area (Å²) in [5.41, 5.74) is 0. The Hall–Kier alpha value is -2.73. The molecule has 12 heteroatoms. The Morgan fingerprint density at radius 1 is 0.875 bits per heavy atom. The molecular weight excluding hydrogens is 334 g/mol. The molecule has 24 heavy (non-hydrogen) atoms. The summed E-state index contributed by atoms with van der Waals surface area (Å²) in [6.07, 6.45) is 0.738. The van der Waals surface area contributed by atoms with E-state index in [2.05, 4.69) is 41.2 Å². The highest BCUT2D eigenvalue weighted by Gasteiger charge is 2.24. The maximum absolute atomic E-state index is 12.9. The highest BCUT2D eigenvalue weighted by molar-refractivity contribution is 7.89. The lowest BCUT2D eigenvalue weighted by Gasteiger charge is -2.21. The molecule has 3 aromatic rings. The zero-order valence-electron chi connectivity index (χ0n) is 12.6. The Bertz CT molecular complexity index is 796. The van der Waals surface area contributed by atoms with Gasteiger partial charge in [-0.05, 0) is 33.0 Å². The molecule has 11 nitrogen and oxygen atoms in total. The molecule has 0 unspecified atom stereocenters. The van der Waals surface area contributed by atoms with Crippen molar-refractivity contribution in [3.63, 3.8) is 0 Å². The van der Waals surface area contributed by atoms with Crippen molar-refractivity contribution in [1.29, 1.82) is 0 Å². The van der Waals surface area contributed by atoms with Gasteiger partial charge < -0.3 is 0 Å². The van der Waals surface area contributed by atoms with Crippen molar-refractivity contribution in [3.05, 3.63) is 42.0 Å². The first-order chi connectivity index (χ1) is 11.7. The first kappa shape index (κ1) is 16.1. The molecule has 3 rings (SSSR count). The molecule has 126 valence electrons. The monoisotopic (exact) mass is 349 g/mol. The standard InChI is InChI=1S/C12H15N9O2S/c22-24(23,10-4-2-1-3-5-10)21(8-6-11-13-17-18-14-11)9-7-12-15-19-20-16-12/h1-5H,6-9H2,(H,13,14,17,18)(H,15,16,19,20). The lowest BCUT2D eigenvalue weighted by Crippen LogP contribution is -2.35. The number of tetrazole rings is 2. The number of rotatable bonds is 8. The van der Waals surface area contributed by atoms with Gasteiger partial charge in [0, 0.05) is 25.9 Å². The van der Waals surface area contributed by atoms with E-state index in [1.54, 1.807) is 30.3 Å². The minimum Gasteiger partial charge on any atom is -0.243 e. The number of benzene rings is 1. The summed E-state index contributed by atoms with van der Waals surface area (Å²) in [7, 11) is -3.64. The summed E-state index contributed by atoms with van der Waals surface area (Å²) in [5, 5.41) is 26.7. The fourth-order valence-electron chi connectivity index (χ4n) is 2.12. The van der Waals surface area contributed by atoms with E-state index in [1.807, 2.05) is 0 Å². The van der Waals surface area contributed by atoms with Crippen LogP contribution in [0.5, 0.6) is 0 Å². The molecule has 2 heterocycles. The van der Waals surface area contributed by atoms with Crippen LogP contribution >= 0.6 is 0 Å². The number of hydrogen-bond acceptors (Lipinski definition) is 8. The Labute approximate surface area is 137 Å². The van der Waals surface area contributed by atoms with Gasteiger partial charge in [0.05, 0.1) is 4.90 Å². The molecule has 1 aromatic carbocycles. The van der Waals surface area contributed by atoms with Crippen LogP contribution in [0.25, 0.3) is 0 Å². The van der Waals surface area contributed by atoms with Crippen molar-refractivity contribution in [2.75, 3.05) is 13.1 Å². The minimum atomic E-state index is -3.64. The molecule has 0 amide bonds. The van der Waals surface area contributed by atoms with Crippen molar-refractivity contribution in [2.24, 2.45) is 0 Å². The molecule has 0 saturated carbocycles. The zero-order chi connectivity index (χ0) is 16.8. The summed E-state index contributed by atoms with van der Waals surface area (Å²) in [6, 6.07) is 8.27. The third kappa shape index (κ3) is 3.78. The Balaban J connectivity index is 1.77. The fraction of sp³-hybridized carbons (Fsp3) is 0.333. The number of nitrogens with zero attached hydrogens (tertiary/aromatic N) is 7. The van der Waals surface area contributed by atoms with Gasteiger partial charge in [0.25, 0.3) is 0 Å². The highest BCUT2D eigenvalue weighted by atomic mass is 32.2. The largest absolute Gasteiger partial charge is 0.243 e. The Morgan fingerprint density at radius 2 is 1.42 bits per heavy atom. The third-order valence-electron chi connectivity index (χ3n) is 3.36. The molecule has 0 aliphatic carbocycles. The average Bonchev–Trinajstić information content (AvgIpc) is 3.29. The van der Waals surface area contributed by atoms with E-state index in [4.69, 9.17) is 0 Å². The summed E-state index contributed by atoms with van der Waals surface area (Å²) >= 11 is 0. The highest BCUT2D eigenvalue weighted by Crippen LogP contribution is 2.16. The Kier molecular flexibility index (Phi) is 4.86. The SMILES string of the molecule is O=S(=O)(c1ccccc1)N(CCc1nnn[nH]1)CCc1nnn[nH]1. The molecular formula is C12H15N9O2S. The first-order valence-electron chi connectivity index (χ1n) is 7.16. The molecule has 0 bridgehead atoms. The van der Waals surface area contributed by atoms with Crippen LogP contribution in [0.2, 0.25) is 0 Å². The zero-order valence-corrected chi connectivity index (χ0v) is 13.4. The molecule has 0 atom stereocenters. The summed E-state index contributed by atoms with van der Waals surface area (Å²) in [6.45, 7) is 0.464. The van der Waals surface area contributed by atoms with E-state index >= 15 is 0 Å². The van der Waals surface area contributed by atoms with E-state index in [0.717, 1.165) is 0 Å². The van der Waals surface area contributed by atoms with E-state index in [0.29, 0.717) is 24.5 Å². The van der Waals surface area contributed by atoms with E-state index in [9.17, 15) is 8.42 Å². The number of H-pyrrole nitrogens is 2. The van der Waals surface area contributed by atoms with Crippen molar-refractivity contribution in [2.45, 2.75) is 17.7 Å². The van der Waals surface area contributed by atoms with Crippen molar-refractivity contribution >= 4 is 10.0 Å². The van der Waals surface area contributed by atoms with E-state index < -0.39 is 10.0 Å². The molecule has 2 aromatic heterocycles. The van der Waals surface area contributed by atoms with Crippen LogP contribution in [-0.4, -0.2) is 67.1 Å². The maximum atomic E-state index is 12.9. The normalized spacial score (nSPS) is 11.9. The van der Waals surface area contributed by atoms with Crippen LogP contribution in [0, 0.1) is 0 Å². The summed E-state index contributed by atoms with van der Waals surface area (Å²) < 4.78 is 27.1. The quantitative estimate of drug-likeness (QED) is 0.537. The molecule has 0 fully saturated rings. The van der Waals surface area contributed by atoms with Crippen LogP contribution < -0.4 is 0 Å². The number of aromatic amines is 2. The lowest BCUT2D eigenvalue weighted by atomic mass is 10.3. The van der Waals surface area contributed by atoms with Gasteiger partial charge in [0.15, 0.2) is 0 Å². The topological polar surface area (TPSA) is 146 Å². The van der Waals surface area contributed by atoms with Crippen LogP contribution in [0.3, 0.4) is 0 Å². The van der Waals surface area contributed by atoms with Crippen LogP contribution in [0.15, 0.2) is 35.2 Å². The average molecular weight is 349 g/mol. The molecule has 0 aliphatic rings. The van der Waals surface area contributed by atoms with Gasteiger partial charge in [0.2, 0.25) is 10.0 Å². The molecule has 0 saturated heterocycles. The number of sulfonamides is 1. The van der Waals surface area contributed by atoms with Crippen LogP contribution in [0.1, 0.15) is 11.6 Å². The molecule has 2 N–H and O–H groups in total. The van der Waals surface area contributed by atoms with Crippen molar-refractivity contribution in [1.82, 2.24) is 45.6 Å². The first-order valence-corrected chi connectivity index (χ1v) is 8.60. The van der Waals surface area contributed by atoms with Crippen LogP contribution in [0.4, 0.5) is 0 Å². The van der Waals surface area contributed by atoms with E-state index in [-0.39, 0.29) is 18.0 Å². The van der Waals surface area contributed by atoms with Gasteiger partial charge in [-0.3, -0.25) is 0 Å². The second-order valence-electron chi connectivity index (χ2n) is 4.91. The number of hydrogen-bond donors (Lipinski definition) is 2. The lowest BCUT2D eigenvalue weighted by molar-refractivity contribution is 0.411. The molecule has 0 spiro atoms. The Morgan fingerprint density at radius 3 is 1.88 bits per heavy atom. The number of aromatic nitrogens is 8. The predicted molar refractivity (Wildman–Crippen MR) is 81.0 cm³/mol. The van der Waals surface area contributed by atoms with Gasteiger partial charge in [-0.1, -0.05) is 18.2 Å². The van der Waals surface area contributed by atoms with Gasteiger partial charge >= 0.3 is 0 Å². The van der Waals surface area contributed by atoms with Gasteiger partial charge in [-0.15, -0.1) is 10.2 Å². The maximum Gasteiger partial charge on any atom is 0.243 e. The minimum absolute atomic E-state index is 0.232. The second kappa shape index (κ2) is 7.23. The van der Waals surface area contributed by atoms with Crippen molar-refractivity contribution in [3.8, 4) is 0 Å². The smallest absolute Gasteiger partial charge is 0.243 e. The van der Waals surface area contributed by atoms with Gasteiger partial charge in [0.1, 0.15) is 11.6 Å². The van der Waals surface area contributed by atoms with Crippen molar-refractivity contribution < 1.29 is 8.42 Å². The second-order valence-corrected chi connectivity index (χ2v) is 6.85. The predicted octanol–water partition coefficient (Wildman–Crippen LogP) is -0.811. The van der Waals surface area contributed by atoms with Crippen LogP contribution in [-0.2, 0) is 22.9 Å². The number of nitrogens with one attached hydrogen (secondary N) is 2. The van der Waals surface area contributed by atoms with Gasteiger partial charge in [-0.25, -0.2) is 18.6 Å². The van der Waals surface area contributed by atoms with E-state index in [1.165, 1.54) is 4.31 Å². The molecule has 0 aliphatic heterocycles. The fourth-order valence-corrected chi connectivity index (χ4v) is 3.59. The molecule has 0 radical (unpaired) electrons. The van der Waals surface area contributed by atoms with Gasteiger partial charge in [-0.2, -0.15) is 4.31 Å². The summed E-state index contributed by atoms with van der Waals surface area (Å²) in [5.74, 6) is 1.04. The third-order valence-corrected chi connectivity index (χ3v) is 5.27. The summed E-state index contributed by atoms with van der Waals surface area (Å²) in [4.78, 5) is 0.233.